The molecule has 0 saturated heterocycles. The third-order valence-electron chi connectivity index (χ3n) is 2.82. The Morgan fingerprint density at radius 1 is 1.33 bits per heavy atom. The lowest BCUT2D eigenvalue weighted by molar-refractivity contribution is 0.563. The Morgan fingerprint density at radius 2 is 2.17 bits per heavy atom. The Morgan fingerprint density at radius 3 is 2.83 bits per heavy atom. The van der Waals surface area contributed by atoms with E-state index in [4.69, 9.17) is 4.42 Å². The molecule has 0 saturated carbocycles. The number of halogens is 1. The first kappa shape index (κ1) is 12.6. The normalized spacial score (nSPS) is 10.6. The Bertz CT molecular complexity index is 497. The fourth-order valence-electron chi connectivity index (χ4n) is 2.00. The van der Waals surface area contributed by atoms with E-state index in [0.29, 0.717) is 6.54 Å². The summed E-state index contributed by atoms with van der Waals surface area (Å²) in [5.41, 5.74) is 3.06. The van der Waals surface area contributed by atoms with Gasteiger partial charge in [0.15, 0.2) is 0 Å². The predicted octanol–water partition coefficient (Wildman–Crippen LogP) is 2.77. The van der Waals surface area contributed by atoms with Crippen molar-refractivity contribution in [2.24, 2.45) is 0 Å². The molecule has 0 atom stereocenters. The van der Waals surface area contributed by atoms with Crippen molar-refractivity contribution in [1.29, 1.82) is 0 Å². The molecule has 0 aliphatic rings. The maximum absolute atomic E-state index is 13.2. The van der Waals surface area contributed by atoms with Crippen molar-refractivity contribution in [2.75, 3.05) is 19.0 Å². The van der Waals surface area contributed by atoms with Crippen LogP contribution in [-0.4, -0.2) is 14.1 Å². The van der Waals surface area contributed by atoms with Crippen molar-refractivity contribution in [2.45, 2.75) is 13.1 Å². The molecule has 96 valence electrons. The van der Waals surface area contributed by atoms with E-state index in [1.54, 1.807) is 18.6 Å². The molecule has 1 aromatic heterocycles. The van der Waals surface area contributed by atoms with Crippen molar-refractivity contribution < 1.29 is 8.81 Å². The second-order valence-electron chi connectivity index (χ2n) is 4.29. The van der Waals surface area contributed by atoms with Crippen LogP contribution < -0.4 is 10.2 Å². The topological polar surface area (TPSA) is 28.4 Å². The van der Waals surface area contributed by atoms with Gasteiger partial charge in [-0.2, -0.15) is 0 Å². The van der Waals surface area contributed by atoms with Gasteiger partial charge in [0.2, 0.25) is 0 Å². The maximum atomic E-state index is 13.2. The monoisotopic (exact) mass is 248 g/mol. The number of nitrogens with one attached hydrogen (secondary N) is 1. The van der Waals surface area contributed by atoms with Crippen LogP contribution >= 0.6 is 0 Å². The Labute approximate surface area is 106 Å². The molecule has 3 nitrogen and oxygen atoms in total. The Balaban J connectivity index is 2.20. The van der Waals surface area contributed by atoms with Crippen LogP contribution in [-0.2, 0) is 13.1 Å². The van der Waals surface area contributed by atoms with Crippen molar-refractivity contribution in [3.63, 3.8) is 0 Å². The van der Waals surface area contributed by atoms with Gasteiger partial charge in [0.25, 0.3) is 0 Å². The van der Waals surface area contributed by atoms with Crippen LogP contribution in [0.25, 0.3) is 0 Å². The van der Waals surface area contributed by atoms with E-state index in [0.717, 1.165) is 23.4 Å². The lowest BCUT2D eigenvalue weighted by Crippen LogP contribution is -2.19. The number of anilines is 1. The summed E-state index contributed by atoms with van der Waals surface area (Å²) < 4.78 is 18.3. The minimum absolute atomic E-state index is 0.208. The average molecular weight is 248 g/mol. The molecule has 0 unspecified atom stereocenters. The van der Waals surface area contributed by atoms with Crippen molar-refractivity contribution >= 4 is 5.69 Å². The fraction of sp³-hybridized carbons (Fsp3) is 0.286. The highest BCUT2D eigenvalue weighted by atomic mass is 19.1. The zero-order chi connectivity index (χ0) is 13.0. The van der Waals surface area contributed by atoms with E-state index in [-0.39, 0.29) is 5.82 Å². The van der Waals surface area contributed by atoms with Crippen molar-refractivity contribution in [3.05, 3.63) is 53.7 Å². The maximum Gasteiger partial charge on any atom is 0.123 e. The molecular weight excluding hydrogens is 231 g/mol. The summed E-state index contributed by atoms with van der Waals surface area (Å²) in [5.74, 6) is -0.208. The molecular formula is C14H17FN2O. The molecule has 2 aromatic rings. The van der Waals surface area contributed by atoms with E-state index in [2.05, 4.69) is 10.2 Å². The lowest BCUT2D eigenvalue weighted by Gasteiger charge is -2.22. The zero-order valence-electron chi connectivity index (χ0n) is 10.6. The van der Waals surface area contributed by atoms with E-state index in [1.165, 1.54) is 6.07 Å². The summed E-state index contributed by atoms with van der Waals surface area (Å²) in [7, 11) is 3.84. The third-order valence-corrected chi connectivity index (χ3v) is 2.82. The van der Waals surface area contributed by atoms with Crippen LogP contribution in [0.4, 0.5) is 10.1 Å². The molecule has 0 amide bonds. The van der Waals surface area contributed by atoms with Crippen LogP contribution in [0.1, 0.15) is 11.1 Å². The van der Waals surface area contributed by atoms with E-state index >= 15 is 0 Å². The standard InChI is InChI=1S/C14H17FN2O/c1-16-8-12-7-13(15)3-4-14(12)17(2)9-11-5-6-18-10-11/h3-7,10,16H,8-9H2,1-2H3. The van der Waals surface area contributed by atoms with Gasteiger partial charge in [-0.1, -0.05) is 0 Å². The first-order chi connectivity index (χ1) is 8.70. The highest BCUT2D eigenvalue weighted by molar-refractivity contribution is 5.53. The van der Waals surface area contributed by atoms with Gasteiger partial charge in [0.1, 0.15) is 5.82 Å². The summed E-state index contributed by atoms with van der Waals surface area (Å²) in [4.78, 5) is 2.08. The van der Waals surface area contributed by atoms with Crippen LogP contribution in [0.2, 0.25) is 0 Å². The number of furan rings is 1. The molecule has 0 radical (unpaired) electrons. The van der Waals surface area contributed by atoms with Crippen LogP contribution in [0.5, 0.6) is 0 Å². The minimum atomic E-state index is -0.208. The second-order valence-corrected chi connectivity index (χ2v) is 4.29. The molecule has 18 heavy (non-hydrogen) atoms. The average Bonchev–Trinajstić information content (AvgIpc) is 2.82. The number of benzene rings is 1. The van der Waals surface area contributed by atoms with Crippen LogP contribution in [0.3, 0.4) is 0 Å². The summed E-state index contributed by atoms with van der Waals surface area (Å²) in [6.07, 6.45) is 3.38. The van der Waals surface area contributed by atoms with Gasteiger partial charge in [0, 0.05) is 31.4 Å². The highest BCUT2D eigenvalue weighted by Gasteiger charge is 2.09. The molecule has 0 bridgehead atoms. The van der Waals surface area contributed by atoms with E-state index in [1.807, 2.05) is 26.2 Å². The quantitative estimate of drug-likeness (QED) is 0.882. The molecule has 1 heterocycles. The van der Waals surface area contributed by atoms with Crippen molar-refractivity contribution in [3.8, 4) is 0 Å². The molecule has 1 aromatic carbocycles. The third kappa shape index (κ3) is 2.90. The molecule has 4 heteroatoms. The second kappa shape index (κ2) is 5.69. The SMILES string of the molecule is CNCc1cc(F)ccc1N(C)Cc1ccoc1. The molecule has 0 aliphatic heterocycles. The van der Waals surface area contributed by atoms with Gasteiger partial charge in [-0.15, -0.1) is 0 Å². The van der Waals surface area contributed by atoms with Gasteiger partial charge in [-0.3, -0.25) is 0 Å². The molecule has 1 N–H and O–H groups in total. The molecule has 0 aliphatic carbocycles. The number of nitrogens with zero attached hydrogens (tertiary/aromatic N) is 1. The number of hydrogen-bond acceptors (Lipinski definition) is 3. The summed E-state index contributed by atoms with van der Waals surface area (Å²) >= 11 is 0. The molecule has 2 rings (SSSR count). The van der Waals surface area contributed by atoms with E-state index in [9.17, 15) is 4.39 Å². The Hall–Kier alpha value is -1.81. The summed E-state index contributed by atoms with van der Waals surface area (Å²) in [6, 6.07) is 6.79. The number of hydrogen-bond donors (Lipinski definition) is 1. The Kier molecular flexibility index (Phi) is 3.99. The smallest absolute Gasteiger partial charge is 0.123 e. The first-order valence-corrected chi connectivity index (χ1v) is 5.86. The van der Waals surface area contributed by atoms with Gasteiger partial charge in [-0.25, -0.2) is 4.39 Å². The predicted molar refractivity (Wildman–Crippen MR) is 70.0 cm³/mol. The van der Waals surface area contributed by atoms with Crippen molar-refractivity contribution in [1.82, 2.24) is 5.32 Å². The summed E-state index contributed by atoms with van der Waals surface area (Å²) in [6.45, 7) is 1.38. The lowest BCUT2D eigenvalue weighted by atomic mass is 10.1. The zero-order valence-corrected chi connectivity index (χ0v) is 10.6. The molecule has 0 fully saturated rings. The first-order valence-electron chi connectivity index (χ1n) is 5.86. The fourth-order valence-corrected chi connectivity index (χ4v) is 2.00. The summed E-state index contributed by atoms with van der Waals surface area (Å²) in [5, 5.41) is 3.05. The highest BCUT2D eigenvalue weighted by Crippen LogP contribution is 2.22. The minimum Gasteiger partial charge on any atom is -0.472 e. The van der Waals surface area contributed by atoms with Gasteiger partial charge < -0.3 is 14.6 Å². The van der Waals surface area contributed by atoms with Gasteiger partial charge >= 0.3 is 0 Å². The van der Waals surface area contributed by atoms with Gasteiger partial charge in [-0.05, 0) is 36.9 Å². The number of rotatable bonds is 5. The van der Waals surface area contributed by atoms with Crippen LogP contribution in [0.15, 0.2) is 41.2 Å². The largest absolute Gasteiger partial charge is 0.472 e. The van der Waals surface area contributed by atoms with Gasteiger partial charge in [0.05, 0.1) is 12.5 Å². The molecule has 0 spiro atoms. The van der Waals surface area contributed by atoms with E-state index < -0.39 is 0 Å². The van der Waals surface area contributed by atoms with Crippen LogP contribution in [0, 0.1) is 5.82 Å².